The fourth-order valence-electron chi connectivity index (χ4n) is 2.60. The van der Waals surface area contributed by atoms with Gasteiger partial charge in [0.05, 0.1) is 16.3 Å². The van der Waals surface area contributed by atoms with E-state index >= 15 is 0 Å². The Morgan fingerprint density at radius 2 is 1.74 bits per heavy atom. The van der Waals surface area contributed by atoms with Crippen molar-refractivity contribution in [3.63, 3.8) is 0 Å². The molecule has 0 fully saturated rings. The molecule has 0 aliphatic rings. The highest BCUT2D eigenvalue weighted by atomic mass is 35.5. The van der Waals surface area contributed by atoms with Gasteiger partial charge in [0.2, 0.25) is 5.89 Å². The minimum Gasteiger partial charge on any atom is -0.436 e. The third-order valence-corrected chi connectivity index (χ3v) is 4.53. The van der Waals surface area contributed by atoms with Gasteiger partial charge in [0.15, 0.2) is 5.58 Å². The molecule has 132 valence electrons. The summed E-state index contributed by atoms with van der Waals surface area (Å²) < 4.78 is 5.81. The summed E-state index contributed by atoms with van der Waals surface area (Å²) >= 11 is 12.1. The number of hydrogen-bond donors (Lipinski definition) is 0. The lowest BCUT2D eigenvalue weighted by Crippen LogP contribution is -1.77. The highest BCUT2D eigenvalue weighted by molar-refractivity contribution is 6.33. The van der Waals surface area contributed by atoms with E-state index in [-0.39, 0.29) is 0 Å². The number of aromatic nitrogens is 1. The van der Waals surface area contributed by atoms with Gasteiger partial charge >= 0.3 is 0 Å². The molecule has 0 saturated heterocycles. The third-order valence-electron chi connectivity index (χ3n) is 3.94. The Kier molecular flexibility index (Phi) is 5.05. The molecule has 0 bridgehead atoms. The summed E-state index contributed by atoms with van der Waals surface area (Å²) in [6, 6.07) is 20.7. The first-order valence-electron chi connectivity index (χ1n) is 8.31. The minimum absolute atomic E-state index is 0.499. The van der Waals surface area contributed by atoms with E-state index < -0.39 is 0 Å². The largest absolute Gasteiger partial charge is 0.436 e. The van der Waals surface area contributed by atoms with Crippen molar-refractivity contribution in [3.05, 3.63) is 88.4 Å². The van der Waals surface area contributed by atoms with Gasteiger partial charge < -0.3 is 4.42 Å². The van der Waals surface area contributed by atoms with Gasteiger partial charge in [0, 0.05) is 11.2 Å². The van der Waals surface area contributed by atoms with E-state index in [1.165, 1.54) is 0 Å². The summed E-state index contributed by atoms with van der Waals surface area (Å²) in [5.74, 6) is 0.499. The summed E-state index contributed by atoms with van der Waals surface area (Å²) in [6.45, 7) is 0. The van der Waals surface area contributed by atoms with Gasteiger partial charge in [-0.3, -0.25) is 4.99 Å². The second-order valence-corrected chi connectivity index (χ2v) is 6.68. The van der Waals surface area contributed by atoms with Crippen LogP contribution >= 0.6 is 23.2 Å². The molecule has 3 nitrogen and oxygen atoms in total. The monoisotopic (exact) mass is 392 g/mol. The average Bonchev–Trinajstić information content (AvgIpc) is 3.10. The van der Waals surface area contributed by atoms with Gasteiger partial charge in [-0.1, -0.05) is 53.5 Å². The maximum Gasteiger partial charge on any atom is 0.228 e. The predicted octanol–water partition coefficient (Wildman–Crippen LogP) is 7.22. The first kappa shape index (κ1) is 17.5. The van der Waals surface area contributed by atoms with Crippen LogP contribution in [0.5, 0.6) is 0 Å². The number of rotatable bonds is 4. The zero-order chi connectivity index (χ0) is 18.6. The molecule has 0 N–H and O–H groups in total. The molecule has 4 aromatic rings. The van der Waals surface area contributed by atoms with Gasteiger partial charge in [0.25, 0.3) is 0 Å². The molecule has 0 saturated carbocycles. The molecule has 1 aromatic heterocycles. The van der Waals surface area contributed by atoms with Crippen LogP contribution in [0.25, 0.3) is 28.6 Å². The normalized spacial score (nSPS) is 11.8. The standard InChI is InChI=1S/C22H14Cl2N2O/c23-16-9-7-15(8-10-16)4-3-13-25-17-11-12-21-20(14-17)26-22(27-21)18-5-1-2-6-19(18)24/h1-14H/b4-3+,25-13?. The molecule has 0 spiro atoms. The fraction of sp³-hybridized carbons (Fsp3) is 0. The molecule has 0 amide bonds. The van der Waals surface area contributed by atoms with Gasteiger partial charge in [-0.2, -0.15) is 0 Å². The van der Waals surface area contributed by atoms with Crippen LogP contribution in [0.15, 0.2) is 82.2 Å². The lowest BCUT2D eigenvalue weighted by Gasteiger charge is -1.96. The maximum absolute atomic E-state index is 6.22. The van der Waals surface area contributed by atoms with E-state index in [2.05, 4.69) is 9.98 Å². The van der Waals surface area contributed by atoms with Crippen LogP contribution in [0.1, 0.15) is 5.56 Å². The van der Waals surface area contributed by atoms with Crippen LogP contribution in [-0.4, -0.2) is 11.2 Å². The SMILES string of the molecule is Clc1ccc(/C=C/C=Nc2ccc3oc(-c4ccccc4Cl)nc3c2)cc1. The van der Waals surface area contributed by atoms with E-state index in [1.54, 1.807) is 6.21 Å². The molecular weight excluding hydrogens is 379 g/mol. The minimum atomic E-state index is 0.499. The fourth-order valence-corrected chi connectivity index (χ4v) is 2.95. The molecule has 0 atom stereocenters. The Morgan fingerprint density at radius 3 is 2.56 bits per heavy atom. The van der Waals surface area contributed by atoms with Crippen molar-refractivity contribution in [2.75, 3.05) is 0 Å². The second kappa shape index (κ2) is 7.78. The first-order valence-corrected chi connectivity index (χ1v) is 9.06. The molecule has 0 aliphatic heterocycles. The van der Waals surface area contributed by atoms with Crippen molar-refractivity contribution in [2.45, 2.75) is 0 Å². The summed E-state index contributed by atoms with van der Waals surface area (Å²) in [7, 11) is 0. The van der Waals surface area contributed by atoms with Gasteiger partial charge in [-0.15, -0.1) is 0 Å². The van der Waals surface area contributed by atoms with Crippen molar-refractivity contribution >= 4 is 52.3 Å². The molecule has 0 unspecified atom stereocenters. The van der Waals surface area contributed by atoms with E-state index in [4.69, 9.17) is 27.6 Å². The summed E-state index contributed by atoms with van der Waals surface area (Å²) in [4.78, 5) is 8.98. The number of allylic oxidation sites excluding steroid dienone is 1. The van der Waals surface area contributed by atoms with Crippen molar-refractivity contribution in [1.29, 1.82) is 0 Å². The van der Waals surface area contributed by atoms with Gasteiger partial charge in [0.1, 0.15) is 5.52 Å². The number of benzene rings is 3. The highest BCUT2D eigenvalue weighted by Gasteiger charge is 2.11. The van der Waals surface area contributed by atoms with Crippen LogP contribution in [0.4, 0.5) is 5.69 Å². The summed E-state index contributed by atoms with van der Waals surface area (Å²) in [5.41, 5.74) is 4.05. The van der Waals surface area contributed by atoms with Crippen LogP contribution in [-0.2, 0) is 0 Å². The number of nitrogens with zero attached hydrogens (tertiary/aromatic N) is 2. The molecule has 4 rings (SSSR count). The number of oxazole rings is 1. The highest BCUT2D eigenvalue weighted by Crippen LogP contribution is 2.31. The Labute approximate surface area is 166 Å². The number of halogens is 2. The first-order chi connectivity index (χ1) is 13.2. The Bertz CT molecular complexity index is 1140. The number of fused-ring (bicyclic) bond motifs is 1. The smallest absolute Gasteiger partial charge is 0.228 e. The van der Waals surface area contributed by atoms with Crippen LogP contribution in [0, 0.1) is 0 Å². The Morgan fingerprint density at radius 1 is 0.926 bits per heavy atom. The van der Waals surface area contributed by atoms with Crippen molar-refractivity contribution in [1.82, 2.24) is 4.98 Å². The second-order valence-electron chi connectivity index (χ2n) is 5.84. The van der Waals surface area contributed by atoms with Crippen LogP contribution < -0.4 is 0 Å². The molecule has 27 heavy (non-hydrogen) atoms. The summed E-state index contributed by atoms with van der Waals surface area (Å²) in [6.07, 6.45) is 5.58. The van der Waals surface area contributed by atoms with Crippen molar-refractivity contribution in [2.24, 2.45) is 4.99 Å². The lowest BCUT2D eigenvalue weighted by atomic mass is 10.2. The molecular formula is C22H14Cl2N2O. The predicted molar refractivity (Wildman–Crippen MR) is 113 cm³/mol. The molecule has 0 aliphatic carbocycles. The number of aliphatic imine (C=N–C) groups is 1. The Hall–Kier alpha value is -2.88. The van der Waals surface area contributed by atoms with E-state index in [9.17, 15) is 0 Å². The molecule has 5 heteroatoms. The van der Waals surface area contributed by atoms with E-state index in [0.717, 1.165) is 27.4 Å². The Balaban J connectivity index is 1.55. The zero-order valence-corrected chi connectivity index (χ0v) is 15.7. The van der Waals surface area contributed by atoms with E-state index in [1.807, 2.05) is 78.9 Å². The average molecular weight is 393 g/mol. The molecule has 0 radical (unpaired) electrons. The quantitative estimate of drug-likeness (QED) is 0.343. The third kappa shape index (κ3) is 4.11. The lowest BCUT2D eigenvalue weighted by molar-refractivity contribution is 0.620. The summed E-state index contributed by atoms with van der Waals surface area (Å²) in [5, 5.41) is 1.33. The molecule has 3 aromatic carbocycles. The number of hydrogen-bond acceptors (Lipinski definition) is 3. The van der Waals surface area contributed by atoms with Gasteiger partial charge in [-0.05, 0) is 54.1 Å². The van der Waals surface area contributed by atoms with Crippen molar-refractivity contribution < 1.29 is 4.42 Å². The van der Waals surface area contributed by atoms with Crippen molar-refractivity contribution in [3.8, 4) is 11.5 Å². The van der Waals surface area contributed by atoms with Gasteiger partial charge in [-0.25, -0.2) is 4.98 Å². The van der Waals surface area contributed by atoms with E-state index in [0.29, 0.717) is 16.5 Å². The zero-order valence-electron chi connectivity index (χ0n) is 14.1. The van der Waals surface area contributed by atoms with Crippen LogP contribution in [0.3, 0.4) is 0 Å². The molecule has 1 heterocycles. The van der Waals surface area contributed by atoms with Crippen LogP contribution in [0.2, 0.25) is 10.0 Å². The maximum atomic E-state index is 6.22. The topological polar surface area (TPSA) is 38.4 Å².